The molecular weight excluding hydrogens is 344 g/mol. The number of esters is 1. The molecule has 0 fully saturated rings. The zero-order valence-corrected chi connectivity index (χ0v) is 15.6. The summed E-state index contributed by atoms with van der Waals surface area (Å²) in [6.45, 7) is 2.03. The number of nitrogens with zero attached hydrogens (tertiary/aromatic N) is 1. The van der Waals surface area contributed by atoms with Crippen molar-refractivity contribution in [3.8, 4) is 0 Å². The Hall–Kier alpha value is -3.41. The van der Waals surface area contributed by atoms with E-state index in [1.807, 2.05) is 30.3 Å². The Morgan fingerprint density at radius 3 is 2.26 bits per heavy atom. The summed E-state index contributed by atoms with van der Waals surface area (Å²) in [6.07, 6.45) is 1.31. The summed E-state index contributed by atoms with van der Waals surface area (Å²) in [5.74, 6) is -1.09. The molecule has 2 amide bonds. The zero-order valence-electron chi connectivity index (χ0n) is 15.6. The predicted octanol–water partition coefficient (Wildman–Crippen LogP) is 3.02. The van der Waals surface area contributed by atoms with Gasteiger partial charge in [-0.1, -0.05) is 30.3 Å². The van der Waals surface area contributed by atoms with Crippen LogP contribution in [0.15, 0.2) is 66.2 Å². The van der Waals surface area contributed by atoms with Gasteiger partial charge in [-0.2, -0.15) is 0 Å². The first kappa shape index (κ1) is 19.9. The molecule has 6 heteroatoms. The van der Waals surface area contributed by atoms with Gasteiger partial charge in [0.15, 0.2) is 0 Å². The third-order valence-corrected chi connectivity index (χ3v) is 3.90. The van der Waals surface area contributed by atoms with Gasteiger partial charge in [0.1, 0.15) is 0 Å². The summed E-state index contributed by atoms with van der Waals surface area (Å²) in [5, 5.41) is 2.69. The number of nitrogens with one attached hydrogen (secondary N) is 1. The minimum Gasteiger partial charge on any atom is -0.465 e. The van der Waals surface area contributed by atoms with Crippen LogP contribution in [0.3, 0.4) is 0 Å². The number of likely N-dealkylation sites (N-methyl/N-ethyl adjacent to an activating group) is 1. The quantitative estimate of drug-likeness (QED) is 0.630. The molecule has 0 unspecified atom stereocenters. The van der Waals surface area contributed by atoms with Gasteiger partial charge in [-0.3, -0.25) is 9.59 Å². The molecule has 0 spiro atoms. The van der Waals surface area contributed by atoms with Gasteiger partial charge in [-0.05, 0) is 36.8 Å². The van der Waals surface area contributed by atoms with E-state index in [0.29, 0.717) is 17.8 Å². The molecule has 0 saturated carbocycles. The van der Waals surface area contributed by atoms with E-state index in [9.17, 15) is 14.4 Å². The molecule has 27 heavy (non-hydrogen) atoms. The van der Waals surface area contributed by atoms with E-state index in [-0.39, 0.29) is 17.4 Å². The third-order valence-electron chi connectivity index (χ3n) is 3.90. The van der Waals surface area contributed by atoms with Crippen molar-refractivity contribution in [2.24, 2.45) is 0 Å². The van der Waals surface area contributed by atoms with Crippen LogP contribution in [0.5, 0.6) is 0 Å². The number of ether oxygens (including phenoxy) is 1. The molecule has 0 aliphatic rings. The predicted molar refractivity (Wildman–Crippen MR) is 103 cm³/mol. The van der Waals surface area contributed by atoms with Crippen LogP contribution < -0.4 is 5.32 Å². The average Bonchev–Trinajstić information content (AvgIpc) is 2.68. The van der Waals surface area contributed by atoms with Gasteiger partial charge in [0.2, 0.25) is 5.91 Å². The first-order valence-electron chi connectivity index (χ1n) is 8.37. The molecule has 0 aliphatic carbocycles. The van der Waals surface area contributed by atoms with Crippen molar-refractivity contribution in [1.29, 1.82) is 0 Å². The minimum absolute atomic E-state index is 0.257. The number of carbonyl (C=O) groups is 3. The van der Waals surface area contributed by atoms with Crippen molar-refractivity contribution in [1.82, 2.24) is 4.90 Å². The number of rotatable bonds is 6. The molecule has 0 aliphatic heterocycles. The number of methoxy groups -OCH3 is 1. The van der Waals surface area contributed by atoms with Crippen molar-refractivity contribution >= 4 is 23.5 Å². The Balaban J connectivity index is 1.96. The highest BCUT2D eigenvalue weighted by molar-refractivity contribution is 6.07. The lowest BCUT2D eigenvalue weighted by Gasteiger charge is -2.15. The van der Waals surface area contributed by atoms with Gasteiger partial charge in [-0.15, -0.1) is 0 Å². The average molecular weight is 366 g/mol. The topological polar surface area (TPSA) is 75.7 Å². The van der Waals surface area contributed by atoms with Crippen molar-refractivity contribution in [2.75, 3.05) is 19.5 Å². The monoisotopic (exact) mass is 366 g/mol. The summed E-state index contributed by atoms with van der Waals surface area (Å²) in [7, 11) is 2.99. The van der Waals surface area contributed by atoms with Crippen LogP contribution in [0.2, 0.25) is 0 Å². The van der Waals surface area contributed by atoms with Crippen LogP contribution in [-0.2, 0) is 20.9 Å². The number of benzene rings is 2. The number of anilines is 1. The van der Waals surface area contributed by atoms with Crippen molar-refractivity contribution < 1.29 is 19.1 Å². The summed E-state index contributed by atoms with van der Waals surface area (Å²) >= 11 is 0. The molecule has 2 aromatic rings. The SMILES string of the molecule is COC(=O)c1ccc(NC(=O)/C(C)=C/C(=O)N(C)Cc2ccccc2)cc1. The summed E-state index contributed by atoms with van der Waals surface area (Å²) in [6, 6.07) is 15.9. The van der Waals surface area contributed by atoms with Crippen LogP contribution in [0, 0.1) is 0 Å². The summed E-state index contributed by atoms with van der Waals surface area (Å²) < 4.78 is 4.63. The first-order chi connectivity index (χ1) is 12.9. The van der Waals surface area contributed by atoms with Crippen molar-refractivity contribution in [3.63, 3.8) is 0 Å². The highest BCUT2D eigenvalue weighted by atomic mass is 16.5. The number of hydrogen-bond acceptors (Lipinski definition) is 4. The van der Waals surface area contributed by atoms with Crippen LogP contribution in [0.4, 0.5) is 5.69 Å². The van der Waals surface area contributed by atoms with Gasteiger partial charge >= 0.3 is 5.97 Å². The molecule has 2 rings (SSSR count). The highest BCUT2D eigenvalue weighted by Crippen LogP contribution is 2.12. The molecule has 0 aromatic heterocycles. The fourth-order valence-electron chi connectivity index (χ4n) is 2.33. The van der Waals surface area contributed by atoms with E-state index >= 15 is 0 Å². The maximum atomic E-state index is 12.3. The minimum atomic E-state index is -0.448. The molecule has 0 heterocycles. The van der Waals surface area contributed by atoms with E-state index < -0.39 is 5.97 Å². The molecular formula is C21H22N2O4. The normalized spacial score (nSPS) is 10.9. The highest BCUT2D eigenvalue weighted by Gasteiger charge is 2.11. The van der Waals surface area contributed by atoms with Gasteiger partial charge in [0, 0.05) is 30.9 Å². The molecule has 140 valence electrons. The maximum Gasteiger partial charge on any atom is 0.337 e. The molecule has 0 bridgehead atoms. The zero-order chi connectivity index (χ0) is 19.8. The molecule has 0 radical (unpaired) electrons. The van der Waals surface area contributed by atoms with Crippen LogP contribution >= 0.6 is 0 Å². The Morgan fingerprint density at radius 2 is 1.67 bits per heavy atom. The molecule has 2 aromatic carbocycles. The number of amides is 2. The molecule has 1 N–H and O–H groups in total. The third kappa shape index (κ3) is 5.81. The van der Waals surface area contributed by atoms with Crippen LogP contribution in [0.1, 0.15) is 22.8 Å². The van der Waals surface area contributed by atoms with E-state index in [0.717, 1.165) is 5.56 Å². The number of hydrogen-bond donors (Lipinski definition) is 1. The van der Waals surface area contributed by atoms with E-state index in [2.05, 4.69) is 10.1 Å². The van der Waals surface area contributed by atoms with Gasteiger partial charge in [0.05, 0.1) is 12.7 Å². The maximum absolute atomic E-state index is 12.3. The Kier molecular flexibility index (Phi) is 6.88. The fraction of sp³-hybridized carbons (Fsp3) is 0.190. The van der Waals surface area contributed by atoms with E-state index in [1.54, 1.807) is 38.2 Å². The van der Waals surface area contributed by atoms with E-state index in [1.165, 1.54) is 18.1 Å². The molecule has 6 nitrogen and oxygen atoms in total. The van der Waals surface area contributed by atoms with Crippen LogP contribution in [0.25, 0.3) is 0 Å². The second-order valence-electron chi connectivity index (χ2n) is 6.03. The number of carbonyl (C=O) groups excluding carboxylic acids is 3. The van der Waals surface area contributed by atoms with Crippen LogP contribution in [-0.4, -0.2) is 36.8 Å². The van der Waals surface area contributed by atoms with E-state index in [4.69, 9.17) is 0 Å². The van der Waals surface area contributed by atoms with Crippen molar-refractivity contribution in [3.05, 3.63) is 77.4 Å². The Bertz CT molecular complexity index is 842. The lowest BCUT2D eigenvalue weighted by molar-refractivity contribution is -0.125. The summed E-state index contributed by atoms with van der Waals surface area (Å²) in [5.41, 5.74) is 2.21. The summed E-state index contributed by atoms with van der Waals surface area (Å²) in [4.78, 5) is 37.5. The van der Waals surface area contributed by atoms with Gasteiger partial charge < -0.3 is 15.0 Å². The lowest BCUT2D eigenvalue weighted by Crippen LogP contribution is -2.25. The second-order valence-corrected chi connectivity index (χ2v) is 6.03. The van der Waals surface area contributed by atoms with Crippen molar-refractivity contribution in [2.45, 2.75) is 13.5 Å². The van der Waals surface area contributed by atoms with Gasteiger partial charge in [-0.25, -0.2) is 4.79 Å². The smallest absolute Gasteiger partial charge is 0.337 e. The van der Waals surface area contributed by atoms with Gasteiger partial charge in [0.25, 0.3) is 5.91 Å². The lowest BCUT2D eigenvalue weighted by atomic mass is 10.2. The standard InChI is InChI=1S/C21H22N2O4/c1-15(13-19(24)23(2)14-16-7-5-4-6-8-16)20(25)22-18-11-9-17(10-12-18)21(26)27-3/h4-13H,14H2,1-3H3,(H,22,25)/b15-13+. The largest absolute Gasteiger partial charge is 0.465 e. The Labute approximate surface area is 158 Å². The first-order valence-corrected chi connectivity index (χ1v) is 8.37. The fourth-order valence-corrected chi connectivity index (χ4v) is 2.33. The second kappa shape index (κ2) is 9.33. The molecule has 0 saturated heterocycles. The Morgan fingerprint density at radius 1 is 1.04 bits per heavy atom. The molecule has 0 atom stereocenters.